The van der Waals surface area contributed by atoms with Gasteiger partial charge in [0.1, 0.15) is 6.54 Å². The first-order valence-corrected chi connectivity index (χ1v) is 4.21. The van der Waals surface area contributed by atoms with Gasteiger partial charge in [-0.3, -0.25) is 4.84 Å². The highest BCUT2D eigenvalue weighted by Crippen LogP contribution is 2.16. The van der Waals surface area contributed by atoms with E-state index in [1.165, 1.54) is 6.92 Å². The SMILES string of the molecule is CCN(CC(F)(F)F)C(=O)NOCC(=O)O. The second kappa shape index (κ2) is 6.16. The van der Waals surface area contributed by atoms with Crippen molar-refractivity contribution in [2.45, 2.75) is 13.1 Å². The van der Waals surface area contributed by atoms with Gasteiger partial charge in [-0.05, 0) is 6.92 Å². The summed E-state index contributed by atoms with van der Waals surface area (Å²) >= 11 is 0. The van der Waals surface area contributed by atoms with Crippen LogP contribution in [0.5, 0.6) is 0 Å². The second-order valence-electron chi connectivity index (χ2n) is 2.72. The summed E-state index contributed by atoms with van der Waals surface area (Å²) in [5, 5.41) is 8.14. The summed E-state index contributed by atoms with van der Waals surface area (Å²) in [6, 6.07) is -1.14. The lowest BCUT2D eigenvalue weighted by Crippen LogP contribution is -2.45. The molecule has 0 saturated heterocycles. The van der Waals surface area contributed by atoms with Crippen LogP contribution in [0.25, 0.3) is 0 Å². The molecule has 0 aliphatic carbocycles. The monoisotopic (exact) mass is 244 g/mol. The fraction of sp³-hybridized carbons (Fsp3) is 0.714. The molecule has 9 heteroatoms. The molecule has 0 unspecified atom stereocenters. The first-order chi connectivity index (χ1) is 7.26. The van der Waals surface area contributed by atoms with Crippen molar-refractivity contribution in [2.75, 3.05) is 19.7 Å². The van der Waals surface area contributed by atoms with Gasteiger partial charge in [-0.1, -0.05) is 0 Å². The fourth-order valence-electron chi connectivity index (χ4n) is 0.768. The van der Waals surface area contributed by atoms with Crippen LogP contribution in [-0.2, 0) is 9.63 Å². The minimum Gasteiger partial charge on any atom is -0.479 e. The van der Waals surface area contributed by atoms with Crippen LogP contribution in [-0.4, -0.2) is 47.9 Å². The minimum atomic E-state index is -4.51. The lowest BCUT2D eigenvalue weighted by atomic mass is 10.5. The number of nitrogens with one attached hydrogen (secondary N) is 1. The molecule has 0 rings (SSSR count). The van der Waals surface area contributed by atoms with Crippen molar-refractivity contribution in [2.24, 2.45) is 0 Å². The molecule has 0 bridgehead atoms. The summed E-state index contributed by atoms with van der Waals surface area (Å²) in [5.41, 5.74) is 1.59. The normalized spacial score (nSPS) is 11.0. The molecule has 0 fully saturated rings. The number of carboxylic acids is 1. The summed E-state index contributed by atoms with van der Waals surface area (Å²) in [7, 11) is 0. The number of alkyl halides is 3. The van der Waals surface area contributed by atoms with E-state index < -0.39 is 31.3 Å². The van der Waals surface area contributed by atoms with Crippen LogP contribution in [0.4, 0.5) is 18.0 Å². The van der Waals surface area contributed by atoms with Gasteiger partial charge in [0.15, 0.2) is 6.61 Å². The maximum atomic E-state index is 11.9. The van der Waals surface area contributed by atoms with E-state index in [1.54, 1.807) is 5.48 Å². The first-order valence-electron chi connectivity index (χ1n) is 4.21. The Labute approximate surface area is 88.9 Å². The van der Waals surface area contributed by atoms with Crippen molar-refractivity contribution in [1.29, 1.82) is 0 Å². The van der Waals surface area contributed by atoms with Crippen molar-refractivity contribution < 1.29 is 32.7 Å². The molecule has 0 atom stereocenters. The first kappa shape index (κ1) is 14.5. The predicted octanol–water partition coefficient (Wildman–Crippen LogP) is 0.596. The Morgan fingerprint density at radius 2 is 2.00 bits per heavy atom. The van der Waals surface area contributed by atoms with Crippen molar-refractivity contribution in [3.63, 3.8) is 0 Å². The number of hydrogen-bond donors (Lipinski definition) is 2. The van der Waals surface area contributed by atoms with Crippen LogP contribution in [0.3, 0.4) is 0 Å². The summed E-state index contributed by atoms with van der Waals surface area (Å²) in [4.78, 5) is 25.6. The molecule has 0 aliphatic heterocycles. The number of hydrogen-bond acceptors (Lipinski definition) is 3. The number of urea groups is 1. The van der Waals surface area contributed by atoms with E-state index in [-0.39, 0.29) is 6.54 Å². The van der Waals surface area contributed by atoms with E-state index in [0.29, 0.717) is 4.90 Å². The summed E-state index contributed by atoms with van der Waals surface area (Å²) in [6.45, 7) is -1.08. The molecule has 0 aromatic rings. The van der Waals surface area contributed by atoms with Crippen LogP contribution >= 0.6 is 0 Å². The Kier molecular flexibility index (Phi) is 5.57. The van der Waals surface area contributed by atoms with E-state index in [4.69, 9.17) is 5.11 Å². The standard InChI is InChI=1S/C7H11F3N2O4/c1-2-12(4-7(8,9)10)6(15)11-16-3-5(13)14/h2-4H2,1H3,(H,11,15)(H,13,14). The van der Waals surface area contributed by atoms with Gasteiger partial charge in [0.25, 0.3) is 0 Å². The van der Waals surface area contributed by atoms with Gasteiger partial charge in [0, 0.05) is 6.54 Å². The molecule has 2 N–H and O–H groups in total. The molecular formula is C7H11F3N2O4. The van der Waals surface area contributed by atoms with Gasteiger partial charge in [0.05, 0.1) is 0 Å². The van der Waals surface area contributed by atoms with Crippen LogP contribution in [0.15, 0.2) is 0 Å². The second-order valence-corrected chi connectivity index (χ2v) is 2.72. The number of carbonyl (C=O) groups excluding carboxylic acids is 1. The number of rotatable bonds is 5. The molecule has 0 spiro atoms. The molecule has 94 valence electrons. The zero-order valence-corrected chi connectivity index (χ0v) is 8.37. The van der Waals surface area contributed by atoms with Gasteiger partial charge in [-0.15, -0.1) is 0 Å². The molecule has 0 aromatic carbocycles. The average molecular weight is 244 g/mol. The Balaban J connectivity index is 4.06. The predicted molar refractivity (Wildman–Crippen MR) is 45.4 cm³/mol. The maximum absolute atomic E-state index is 11.9. The van der Waals surface area contributed by atoms with E-state index >= 15 is 0 Å². The highest BCUT2D eigenvalue weighted by atomic mass is 19.4. The zero-order valence-electron chi connectivity index (χ0n) is 8.37. The number of carbonyl (C=O) groups is 2. The Morgan fingerprint density at radius 3 is 2.38 bits per heavy atom. The fourth-order valence-corrected chi connectivity index (χ4v) is 0.768. The van der Waals surface area contributed by atoms with Crippen molar-refractivity contribution in [3.8, 4) is 0 Å². The molecule has 0 aliphatic rings. The summed E-state index contributed by atoms with van der Waals surface area (Å²) in [5.74, 6) is -1.35. The smallest absolute Gasteiger partial charge is 0.406 e. The van der Waals surface area contributed by atoms with Gasteiger partial charge >= 0.3 is 18.2 Å². The van der Waals surface area contributed by atoms with Gasteiger partial charge in [0.2, 0.25) is 0 Å². The van der Waals surface area contributed by atoms with E-state index in [1.807, 2.05) is 0 Å². The molecule has 6 nitrogen and oxygen atoms in total. The van der Waals surface area contributed by atoms with Gasteiger partial charge in [-0.2, -0.15) is 13.2 Å². The molecule has 0 saturated carbocycles. The van der Waals surface area contributed by atoms with Crippen molar-refractivity contribution in [3.05, 3.63) is 0 Å². The lowest BCUT2D eigenvalue weighted by Gasteiger charge is -2.21. The number of amides is 2. The number of hydroxylamine groups is 1. The van der Waals surface area contributed by atoms with E-state index in [9.17, 15) is 22.8 Å². The van der Waals surface area contributed by atoms with Crippen molar-refractivity contribution in [1.82, 2.24) is 10.4 Å². The molecule has 0 aromatic heterocycles. The molecule has 16 heavy (non-hydrogen) atoms. The average Bonchev–Trinajstić information content (AvgIpc) is 2.11. The Morgan fingerprint density at radius 1 is 1.44 bits per heavy atom. The van der Waals surface area contributed by atoms with Gasteiger partial charge in [-0.25, -0.2) is 15.1 Å². The third-order valence-electron chi connectivity index (χ3n) is 1.39. The summed E-state index contributed by atoms with van der Waals surface area (Å²) in [6.07, 6.45) is -4.51. The third kappa shape index (κ3) is 6.87. The molecular weight excluding hydrogens is 233 g/mol. The maximum Gasteiger partial charge on any atom is 0.406 e. The Bertz CT molecular complexity index is 257. The van der Waals surface area contributed by atoms with Crippen molar-refractivity contribution >= 4 is 12.0 Å². The molecule has 0 radical (unpaired) electrons. The van der Waals surface area contributed by atoms with Crippen LogP contribution in [0.2, 0.25) is 0 Å². The number of carboxylic acid groups (broad SMARTS) is 1. The zero-order chi connectivity index (χ0) is 12.8. The minimum absolute atomic E-state index is 0.179. The number of halogens is 3. The highest BCUT2D eigenvalue weighted by molar-refractivity contribution is 5.73. The van der Waals surface area contributed by atoms with Crippen LogP contribution in [0.1, 0.15) is 6.92 Å². The quantitative estimate of drug-likeness (QED) is 0.694. The Hall–Kier alpha value is -1.51. The van der Waals surface area contributed by atoms with Gasteiger partial charge < -0.3 is 10.0 Å². The van der Waals surface area contributed by atoms with E-state index in [0.717, 1.165) is 0 Å². The number of nitrogens with zero attached hydrogens (tertiary/aromatic N) is 1. The van der Waals surface area contributed by atoms with Crippen LogP contribution in [0, 0.1) is 0 Å². The largest absolute Gasteiger partial charge is 0.479 e. The van der Waals surface area contributed by atoms with Crippen LogP contribution < -0.4 is 5.48 Å². The molecule has 0 heterocycles. The molecule has 2 amide bonds. The summed E-state index contributed by atoms with van der Waals surface area (Å²) < 4.78 is 35.8. The third-order valence-corrected chi connectivity index (χ3v) is 1.39. The topological polar surface area (TPSA) is 78.9 Å². The lowest BCUT2D eigenvalue weighted by molar-refractivity contribution is -0.147. The highest BCUT2D eigenvalue weighted by Gasteiger charge is 2.32. The number of aliphatic carboxylic acids is 1. The van der Waals surface area contributed by atoms with E-state index in [2.05, 4.69) is 4.84 Å².